The summed E-state index contributed by atoms with van der Waals surface area (Å²) in [5.74, 6) is -0.258. The Kier molecular flexibility index (Phi) is 3.79. The molecule has 0 spiro atoms. The smallest absolute Gasteiger partial charge is 0.267 e. The summed E-state index contributed by atoms with van der Waals surface area (Å²) < 4.78 is 5.01. The summed E-state index contributed by atoms with van der Waals surface area (Å²) in [7, 11) is 0. The zero-order valence-corrected chi connectivity index (χ0v) is 11.1. The molecule has 3 N–H and O–H groups in total. The lowest BCUT2D eigenvalue weighted by molar-refractivity contribution is 0.0947. The van der Waals surface area contributed by atoms with E-state index in [0.29, 0.717) is 17.9 Å². The van der Waals surface area contributed by atoms with E-state index in [4.69, 9.17) is 10.3 Å². The second kappa shape index (κ2) is 5.52. The number of hydrogen-bond acceptors (Lipinski definition) is 5. The minimum atomic E-state index is -0.632. The topological polar surface area (TPSA) is 111 Å². The number of amides is 2. The highest BCUT2D eigenvalue weighted by Crippen LogP contribution is 2.11. The Balaban J connectivity index is 2.03. The Morgan fingerprint density at radius 1 is 1.35 bits per heavy atom. The van der Waals surface area contributed by atoms with Crippen molar-refractivity contribution in [3.05, 3.63) is 46.6 Å². The molecule has 0 aliphatic rings. The lowest BCUT2D eigenvalue weighted by atomic mass is 10.2. The molecule has 0 saturated carbocycles. The zero-order chi connectivity index (χ0) is 14.7. The van der Waals surface area contributed by atoms with E-state index in [-0.39, 0.29) is 11.6 Å². The molecule has 2 amide bonds. The summed E-state index contributed by atoms with van der Waals surface area (Å²) >= 11 is 0. The minimum Gasteiger partial charge on any atom is -0.364 e. The van der Waals surface area contributed by atoms with Crippen LogP contribution in [-0.2, 0) is 6.54 Å². The van der Waals surface area contributed by atoms with E-state index >= 15 is 0 Å². The SMILES string of the molecule is Cc1noc(C)c1CNC(=O)c1ccc(C(N)=O)nc1. The van der Waals surface area contributed by atoms with Gasteiger partial charge in [0.25, 0.3) is 11.8 Å². The van der Waals surface area contributed by atoms with Crippen molar-refractivity contribution in [3.63, 3.8) is 0 Å². The van der Waals surface area contributed by atoms with Gasteiger partial charge >= 0.3 is 0 Å². The summed E-state index contributed by atoms with van der Waals surface area (Å²) in [6, 6.07) is 2.91. The fourth-order valence-electron chi connectivity index (χ4n) is 1.70. The van der Waals surface area contributed by atoms with Gasteiger partial charge in [0.2, 0.25) is 0 Å². The molecule has 0 radical (unpaired) electrons. The van der Waals surface area contributed by atoms with Gasteiger partial charge in [-0.15, -0.1) is 0 Å². The molecule has 0 bridgehead atoms. The molecule has 7 heteroatoms. The molecular formula is C13H14N4O3. The van der Waals surface area contributed by atoms with Crippen LogP contribution in [0.5, 0.6) is 0 Å². The molecule has 2 rings (SSSR count). The average Bonchev–Trinajstić information content (AvgIpc) is 2.75. The highest BCUT2D eigenvalue weighted by molar-refractivity contribution is 5.95. The number of nitrogens with two attached hydrogens (primary N) is 1. The number of primary amides is 1. The Bertz CT molecular complexity index is 627. The van der Waals surface area contributed by atoms with E-state index < -0.39 is 5.91 Å². The number of aryl methyl sites for hydroxylation is 2. The number of carbonyl (C=O) groups is 2. The number of pyridine rings is 1. The van der Waals surface area contributed by atoms with Crippen molar-refractivity contribution in [3.8, 4) is 0 Å². The van der Waals surface area contributed by atoms with Crippen LogP contribution in [0.3, 0.4) is 0 Å². The van der Waals surface area contributed by atoms with Gasteiger partial charge in [-0.2, -0.15) is 0 Å². The molecule has 0 atom stereocenters. The predicted octanol–water partition coefficient (Wildman–Crippen LogP) is 0.715. The van der Waals surface area contributed by atoms with E-state index in [1.54, 1.807) is 13.8 Å². The van der Waals surface area contributed by atoms with Crippen LogP contribution in [0.2, 0.25) is 0 Å². The standard InChI is InChI=1S/C13H14N4O3/c1-7-10(8(2)20-17-7)6-16-13(19)9-3-4-11(12(14)18)15-5-9/h3-5H,6H2,1-2H3,(H2,14,18)(H,16,19). The molecule has 2 aromatic rings. The van der Waals surface area contributed by atoms with E-state index in [9.17, 15) is 9.59 Å². The van der Waals surface area contributed by atoms with E-state index in [1.165, 1.54) is 18.3 Å². The van der Waals surface area contributed by atoms with Crippen LogP contribution in [0.1, 0.15) is 37.9 Å². The largest absolute Gasteiger partial charge is 0.364 e. The third-order valence-corrected chi connectivity index (χ3v) is 2.89. The third-order valence-electron chi connectivity index (χ3n) is 2.89. The van der Waals surface area contributed by atoms with Gasteiger partial charge in [-0.25, -0.2) is 0 Å². The van der Waals surface area contributed by atoms with Crippen molar-refractivity contribution < 1.29 is 14.1 Å². The normalized spacial score (nSPS) is 10.3. The summed E-state index contributed by atoms with van der Waals surface area (Å²) in [6.07, 6.45) is 1.31. The third kappa shape index (κ3) is 2.82. The van der Waals surface area contributed by atoms with Crippen LogP contribution in [0, 0.1) is 13.8 Å². The van der Waals surface area contributed by atoms with Gasteiger partial charge in [-0.3, -0.25) is 14.6 Å². The number of nitrogens with zero attached hydrogens (tertiary/aromatic N) is 2. The molecule has 0 unspecified atom stereocenters. The molecule has 2 aromatic heterocycles. The molecule has 20 heavy (non-hydrogen) atoms. The maximum absolute atomic E-state index is 11.9. The molecule has 0 aromatic carbocycles. The first-order valence-corrected chi connectivity index (χ1v) is 5.95. The Morgan fingerprint density at radius 2 is 2.10 bits per heavy atom. The van der Waals surface area contributed by atoms with Crippen molar-refractivity contribution in [2.24, 2.45) is 5.73 Å². The van der Waals surface area contributed by atoms with Gasteiger partial charge in [0, 0.05) is 18.3 Å². The van der Waals surface area contributed by atoms with E-state index in [1.807, 2.05) is 0 Å². The van der Waals surface area contributed by atoms with Crippen LogP contribution in [0.15, 0.2) is 22.9 Å². The fraction of sp³-hybridized carbons (Fsp3) is 0.231. The number of aromatic nitrogens is 2. The molecule has 2 heterocycles. The minimum absolute atomic E-state index is 0.118. The van der Waals surface area contributed by atoms with Crippen LogP contribution in [-0.4, -0.2) is 22.0 Å². The van der Waals surface area contributed by atoms with E-state index in [2.05, 4.69) is 15.5 Å². The van der Waals surface area contributed by atoms with Gasteiger partial charge in [0.1, 0.15) is 11.5 Å². The Hall–Kier alpha value is -2.70. The molecule has 0 saturated heterocycles. The molecule has 0 fully saturated rings. The number of nitrogens with one attached hydrogen (secondary N) is 1. The second-order valence-corrected chi connectivity index (χ2v) is 4.28. The van der Waals surface area contributed by atoms with Crippen LogP contribution in [0.25, 0.3) is 0 Å². The summed E-state index contributed by atoms with van der Waals surface area (Å²) in [6.45, 7) is 3.91. The molecule has 104 valence electrons. The highest BCUT2D eigenvalue weighted by atomic mass is 16.5. The first-order valence-electron chi connectivity index (χ1n) is 5.95. The van der Waals surface area contributed by atoms with E-state index in [0.717, 1.165) is 11.3 Å². The molecule has 0 aliphatic heterocycles. The Morgan fingerprint density at radius 3 is 2.60 bits per heavy atom. The second-order valence-electron chi connectivity index (χ2n) is 4.28. The van der Waals surface area contributed by atoms with Crippen LogP contribution in [0.4, 0.5) is 0 Å². The lowest BCUT2D eigenvalue weighted by Crippen LogP contribution is -2.24. The maximum Gasteiger partial charge on any atom is 0.267 e. The number of rotatable bonds is 4. The maximum atomic E-state index is 11.9. The zero-order valence-electron chi connectivity index (χ0n) is 11.1. The van der Waals surface area contributed by atoms with Gasteiger partial charge in [0.05, 0.1) is 11.3 Å². The fourth-order valence-corrected chi connectivity index (χ4v) is 1.70. The van der Waals surface area contributed by atoms with Gasteiger partial charge in [0.15, 0.2) is 0 Å². The highest BCUT2D eigenvalue weighted by Gasteiger charge is 2.12. The van der Waals surface area contributed by atoms with Crippen molar-refractivity contribution >= 4 is 11.8 Å². The lowest BCUT2D eigenvalue weighted by Gasteiger charge is -2.05. The first-order chi connectivity index (χ1) is 9.49. The van der Waals surface area contributed by atoms with Gasteiger partial charge < -0.3 is 15.6 Å². The van der Waals surface area contributed by atoms with Crippen molar-refractivity contribution in [2.45, 2.75) is 20.4 Å². The monoisotopic (exact) mass is 274 g/mol. The van der Waals surface area contributed by atoms with Crippen molar-refractivity contribution in [2.75, 3.05) is 0 Å². The first kappa shape index (κ1) is 13.7. The van der Waals surface area contributed by atoms with Crippen LogP contribution < -0.4 is 11.1 Å². The number of carbonyl (C=O) groups excluding carboxylic acids is 2. The molecule has 7 nitrogen and oxygen atoms in total. The van der Waals surface area contributed by atoms with Crippen molar-refractivity contribution in [1.29, 1.82) is 0 Å². The predicted molar refractivity (Wildman–Crippen MR) is 69.9 cm³/mol. The quantitative estimate of drug-likeness (QED) is 0.853. The molecule has 0 aliphatic carbocycles. The van der Waals surface area contributed by atoms with Gasteiger partial charge in [-0.05, 0) is 26.0 Å². The Labute approximate surface area is 115 Å². The van der Waals surface area contributed by atoms with Crippen LogP contribution >= 0.6 is 0 Å². The number of hydrogen-bond donors (Lipinski definition) is 2. The molecular weight excluding hydrogens is 260 g/mol. The summed E-state index contributed by atoms with van der Waals surface area (Å²) in [5.41, 5.74) is 7.13. The van der Waals surface area contributed by atoms with Gasteiger partial charge in [-0.1, -0.05) is 5.16 Å². The van der Waals surface area contributed by atoms with Crippen molar-refractivity contribution in [1.82, 2.24) is 15.5 Å². The summed E-state index contributed by atoms with van der Waals surface area (Å²) in [5, 5.41) is 6.54. The summed E-state index contributed by atoms with van der Waals surface area (Å²) in [4.78, 5) is 26.6. The average molecular weight is 274 g/mol.